The van der Waals surface area contributed by atoms with Crippen molar-refractivity contribution < 1.29 is 9.21 Å². The molecule has 0 unspecified atom stereocenters. The molecule has 2 nitrogen and oxygen atoms in total. The van der Waals surface area contributed by atoms with Crippen LogP contribution in [0.25, 0.3) is 11.0 Å². The molecule has 2 aromatic rings. The zero-order valence-electron chi connectivity index (χ0n) is 12.8. The molecule has 1 aromatic heterocycles. The van der Waals surface area contributed by atoms with Crippen LogP contribution in [0, 0.1) is 11.8 Å². The zero-order chi connectivity index (χ0) is 14.7. The number of Topliss-reactive ketones (excluding diaryl/α,β-unsaturated/α-hetero) is 1. The first-order chi connectivity index (χ1) is 10.3. The van der Waals surface area contributed by atoms with E-state index in [0.29, 0.717) is 5.76 Å². The number of hydrogen-bond acceptors (Lipinski definition) is 2. The lowest BCUT2D eigenvalue weighted by Crippen LogP contribution is -2.21. The average Bonchev–Trinajstić information content (AvgIpc) is 2.96. The summed E-state index contributed by atoms with van der Waals surface area (Å²) in [6.45, 7) is 2.25. The van der Waals surface area contributed by atoms with E-state index in [-0.39, 0.29) is 11.7 Å². The molecule has 1 aromatic carbocycles. The largest absolute Gasteiger partial charge is 0.453 e. The highest BCUT2D eigenvalue weighted by Crippen LogP contribution is 2.34. The molecular formula is C19H24O2. The minimum atomic E-state index is 0.170. The van der Waals surface area contributed by atoms with Crippen molar-refractivity contribution in [3.05, 3.63) is 36.1 Å². The molecule has 0 N–H and O–H groups in total. The molecule has 3 rings (SSSR count). The lowest BCUT2D eigenvalue weighted by molar-refractivity contribution is 0.0842. The third-order valence-corrected chi connectivity index (χ3v) is 4.85. The van der Waals surface area contributed by atoms with Gasteiger partial charge in [-0.05, 0) is 43.7 Å². The second kappa shape index (κ2) is 6.46. The van der Waals surface area contributed by atoms with Gasteiger partial charge in [-0.25, -0.2) is 0 Å². The predicted octanol–water partition coefficient (Wildman–Crippen LogP) is 5.61. The number of unbranched alkanes of at least 4 members (excludes halogenated alkanes) is 1. The van der Waals surface area contributed by atoms with Gasteiger partial charge in [-0.1, -0.05) is 44.4 Å². The van der Waals surface area contributed by atoms with Crippen molar-refractivity contribution >= 4 is 16.8 Å². The third kappa shape index (κ3) is 3.20. The number of furan rings is 1. The van der Waals surface area contributed by atoms with Crippen molar-refractivity contribution in [2.45, 2.75) is 51.9 Å². The summed E-state index contributed by atoms with van der Waals surface area (Å²) in [5, 5.41) is 1.03. The molecule has 1 heterocycles. The summed E-state index contributed by atoms with van der Waals surface area (Å²) in [7, 11) is 0. The van der Waals surface area contributed by atoms with Gasteiger partial charge >= 0.3 is 0 Å². The average molecular weight is 284 g/mol. The molecule has 1 aliphatic rings. The second-order valence-electron chi connectivity index (χ2n) is 6.37. The van der Waals surface area contributed by atoms with Crippen molar-refractivity contribution in [2.24, 2.45) is 11.8 Å². The number of carbonyl (C=O) groups excluding carboxylic acids is 1. The molecular weight excluding hydrogens is 260 g/mol. The van der Waals surface area contributed by atoms with E-state index in [4.69, 9.17) is 4.42 Å². The van der Waals surface area contributed by atoms with E-state index in [1.807, 2.05) is 30.3 Å². The molecule has 0 radical (unpaired) electrons. The van der Waals surface area contributed by atoms with E-state index < -0.39 is 0 Å². The van der Waals surface area contributed by atoms with Crippen LogP contribution in [0.4, 0.5) is 0 Å². The Morgan fingerprint density at radius 1 is 1.19 bits per heavy atom. The Kier molecular flexibility index (Phi) is 4.42. The Labute approximate surface area is 126 Å². The SMILES string of the molecule is CCCCC1CCC(C(=O)c2cc3ccccc3o2)CC1. The quantitative estimate of drug-likeness (QED) is 0.668. The molecule has 21 heavy (non-hydrogen) atoms. The maximum Gasteiger partial charge on any atom is 0.201 e. The van der Waals surface area contributed by atoms with E-state index in [2.05, 4.69) is 6.92 Å². The normalized spacial score (nSPS) is 22.5. The van der Waals surface area contributed by atoms with Crippen LogP contribution in [0.1, 0.15) is 62.4 Å². The van der Waals surface area contributed by atoms with Crippen LogP contribution < -0.4 is 0 Å². The molecule has 1 aliphatic carbocycles. The van der Waals surface area contributed by atoms with Crippen LogP contribution in [0.5, 0.6) is 0 Å². The maximum absolute atomic E-state index is 12.6. The number of fused-ring (bicyclic) bond motifs is 1. The Morgan fingerprint density at radius 2 is 1.95 bits per heavy atom. The number of benzene rings is 1. The van der Waals surface area contributed by atoms with Gasteiger partial charge in [0.2, 0.25) is 5.78 Å². The molecule has 1 fully saturated rings. The fraction of sp³-hybridized carbons (Fsp3) is 0.526. The van der Waals surface area contributed by atoms with Gasteiger partial charge in [0.1, 0.15) is 5.58 Å². The Balaban J connectivity index is 1.63. The number of hydrogen-bond donors (Lipinski definition) is 0. The molecule has 0 aliphatic heterocycles. The van der Waals surface area contributed by atoms with Crippen LogP contribution in [0.15, 0.2) is 34.7 Å². The van der Waals surface area contributed by atoms with Gasteiger partial charge in [-0.2, -0.15) is 0 Å². The van der Waals surface area contributed by atoms with Crippen molar-refractivity contribution in [1.82, 2.24) is 0 Å². The Bertz CT molecular complexity index is 570. The highest BCUT2D eigenvalue weighted by atomic mass is 16.3. The van der Waals surface area contributed by atoms with Crippen LogP contribution >= 0.6 is 0 Å². The molecule has 2 heteroatoms. The predicted molar refractivity (Wildman–Crippen MR) is 85.5 cm³/mol. The highest BCUT2D eigenvalue weighted by molar-refractivity contribution is 5.99. The van der Waals surface area contributed by atoms with Crippen molar-refractivity contribution in [3.63, 3.8) is 0 Å². The van der Waals surface area contributed by atoms with E-state index >= 15 is 0 Å². The fourth-order valence-electron chi connectivity index (χ4n) is 3.51. The number of carbonyl (C=O) groups is 1. The minimum Gasteiger partial charge on any atom is -0.453 e. The number of ketones is 1. The van der Waals surface area contributed by atoms with Gasteiger partial charge in [-0.15, -0.1) is 0 Å². The smallest absolute Gasteiger partial charge is 0.201 e. The van der Waals surface area contributed by atoms with Gasteiger partial charge in [0.25, 0.3) is 0 Å². The summed E-state index contributed by atoms with van der Waals surface area (Å²) in [6.07, 6.45) is 8.41. The van der Waals surface area contributed by atoms with E-state index in [1.54, 1.807) is 0 Å². The summed E-state index contributed by atoms with van der Waals surface area (Å²) < 4.78 is 5.73. The summed E-state index contributed by atoms with van der Waals surface area (Å²) >= 11 is 0. The summed E-state index contributed by atoms with van der Waals surface area (Å²) in [4.78, 5) is 12.6. The van der Waals surface area contributed by atoms with Crippen LogP contribution in [-0.2, 0) is 0 Å². The Hall–Kier alpha value is -1.57. The summed E-state index contributed by atoms with van der Waals surface area (Å²) in [5.41, 5.74) is 0.817. The van der Waals surface area contributed by atoms with Gasteiger partial charge in [0, 0.05) is 11.3 Å². The van der Waals surface area contributed by atoms with Gasteiger partial charge in [-0.3, -0.25) is 4.79 Å². The summed E-state index contributed by atoms with van der Waals surface area (Å²) in [6, 6.07) is 9.75. The minimum absolute atomic E-state index is 0.170. The third-order valence-electron chi connectivity index (χ3n) is 4.85. The monoisotopic (exact) mass is 284 g/mol. The lowest BCUT2D eigenvalue weighted by Gasteiger charge is -2.27. The molecule has 0 saturated heterocycles. The topological polar surface area (TPSA) is 30.2 Å². The van der Waals surface area contributed by atoms with E-state index in [0.717, 1.165) is 29.7 Å². The fourth-order valence-corrected chi connectivity index (χ4v) is 3.51. The molecule has 0 amide bonds. The van der Waals surface area contributed by atoms with Crippen LogP contribution in [0.3, 0.4) is 0 Å². The van der Waals surface area contributed by atoms with Crippen LogP contribution in [0.2, 0.25) is 0 Å². The second-order valence-corrected chi connectivity index (χ2v) is 6.37. The van der Waals surface area contributed by atoms with Gasteiger partial charge < -0.3 is 4.42 Å². The summed E-state index contributed by atoms with van der Waals surface area (Å²) in [5.74, 6) is 1.77. The van der Waals surface area contributed by atoms with Gasteiger partial charge in [0.05, 0.1) is 0 Å². The van der Waals surface area contributed by atoms with Crippen molar-refractivity contribution in [2.75, 3.05) is 0 Å². The first-order valence-corrected chi connectivity index (χ1v) is 8.30. The molecule has 0 bridgehead atoms. The van der Waals surface area contributed by atoms with E-state index in [1.165, 1.54) is 32.1 Å². The molecule has 112 valence electrons. The van der Waals surface area contributed by atoms with Crippen LogP contribution in [-0.4, -0.2) is 5.78 Å². The number of rotatable bonds is 5. The van der Waals surface area contributed by atoms with Gasteiger partial charge in [0.15, 0.2) is 5.76 Å². The molecule has 0 atom stereocenters. The first-order valence-electron chi connectivity index (χ1n) is 8.30. The lowest BCUT2D eigenvalue weighted by atomic mass is 9.78. The molecule has 1 saturated carbocycles. The van der Waals surface area contributed by atoms with Crippen molar-refractivity contribution in [3.8, 4) is 0 Å². The van der Waals surface area contributed by atoms with E-state index in [9.17, 15) is 4.79 Å². The zero-order valence-corrected chi connectivity index (χ0v) is 12.8. The first kappa shape index (κ1) is 14.4. The van der Waals surface area contributed by atoms with Crippen molar-refractivity contribution in [1.29, 1.82) is 0 Å². The molecule has 0 spiro atoms. The maximum atomic E-state index is 12.6. The Morgan fingerprint density at radius 3 is 2.67 bits per heavy atom. The highest BCUT2D eigenvalue weighted by Gasteiger charge is 2.28. The standard InChI is InChI=1S/C19H24O2/c1-2-3-6-14-9-11-15(12-10-14)19(20)18-13-16-7-4-5-8-17(16)21-18/h4-5,7-8,13-15H,2-3,6,9-12H2,1H3. The number of para-hydroxylation sites is 1.